The van der Waals surface area contributed by atoms with Gasteiger partial charge in [0.2, 0.25) is 0 Å². The molecule has 0 amide bonds. The molecule has 1 N–H and O–H groups in total. The van der Waals surface area contributed by atoms with Crippen molar-refractivity contribution >= 4 is 22.8 Å². The Bertz CT molecular complexity index is 1520. The molecule has 1 aliphatic heterocycles. The lowest BCUT2D eigenvalue weighted by Gasteiger charge is -2.37. The van der Waals surface area contributed by atoms with E-state index in [1.54, 1.807) is 18.6 Å². The number of benzene rings is 1. The van der Waals surface area contributed by atoms with E-state index in [2.05, 4.69) is 43.3 Å². The van der Waals surface area contributed by atoms with E-state index in [4.69, 9.17) is 9.97 Å². The summed E-state index contributed by atoms with van der Waals surface area (Å²) < 4.78 is 2.02. The molecule has 5 aromatic rings. The maximum Gasteiger partial charge on any atom is 0.165 e. The normalized spacial score (nSPS) is 14.5. The molecule has 0 radical (unpaired) electrons. The van der Waals surface area contributed by atoms with Gasteiger partial charge in [0.05, 0.1) is 35.6 Å². The molecule has 0 aliphatic carbocycles. The lowest BCUT2D eigenvalue weighted by atomic mass is 10.1. The van der Waals surface area contributed by atoms with Gasteiger partial charge in [-0.15, -0.1) is 21.5 Å². The fourth-order valence-corrected chi connectivity index (χ4v) is 4.96. The van der Waals surface area contributed by atoms with Crippen LogP contribution in [-0.4, -0.2) is 39.9 Å². The fourth-order valence-electron chi connectivity index (χ4n) is 4.32. The first kappa shape index (κ1) is 20.2. The van der Waals surface area contributed by atoms with Crippen LogP contribution in [0.4, 0.5) is 11.5 Å². The number of nitriles is 1. The minimum absolute atomic E-state index is 0.0906. The molecule has 166 valence electrons. The third-order valence-corrected chi connectivity index (χ3v) is 6.66. The quantitative estimate of drug-likeness (QED) is 0.414. The number of nitrogens with zero attached hydrogens (tertiary/aromatic N) is 9. The van der Waals surface area contributed by atoms with E-state index >= 15 is 0 Å². The first-order valence-electron chi connectivity index (χ1n) is 10.7. The summed E-state index contributed by atoms with van der Waals surface area (Å²) in [6.45, 7) is 4.04. The van der Waals surface area contributed by atoms with Crippen LogP contribution in [0, 0.1) is 18.3 Å². The van der Waals surface area contributed by atoms with Gasteiger partial charge in [-0.25, -0.2) is 15.0 Å². The largest absolute Gasteiger partial charge is 0.314 e. The second-order valence-electron chi connectivity index (χ2n) is 7.79. The summed E-state index contributed by atoms with van der Waals surface area (Å²) in [4.78, 5) is 16.3. The standard InChI is InChI=1S/C23H18N10S/c1-3-17-22-31-29-13(2)32(22)18-12-26-20(16-11-27-30-19(16)23-25-8-9-34-23)28-21(18)33(17)15-6-4-14(10-24)5-7-15/h4-9,11-12,17H,3H2,1-2H3,(H,27,30). The number of aromatic amines is 1. The number of hydrogen-bond acceptors (Lipinski definition) is 9. The average Bonchev–Trinajstić information content (AvgIpc) is 3.64. The molecule has 5 heterocycles. The van der Waals surface area contributed by atoms with E-state index in [-0.39, 0.29) is 6.04 Å². The van der Waals surface area contributed by atoms with E-state index in [9.17, 15) is 5.26 Å². The van der Waals surface area contributed by atoms with Gasteiger partial charge in [0.25, 0.3) is 0 Å². The SMILES string of the molecule is CCC1c2nnc(C)n2-c2cnc(-c3cn[nH]c3-c3nccs3)nc2N1c1ccc(C#N)cc1. The van der Waals surface area contributed by atoms with Gasteiger partial charge in [0.15, 0.2) is 17.5 Å². The van der Waals surface area contributed by atoms with Crippen molar-refractivity contribution in [2.75, 3.05) is 4.90 Å². The second kappa shape index (κ2) is 7.86. The summed E-state index contributed by atoms with van der Waals surface area (Å²) in [5.41, 5.74) is 3.87. The Morgan fingerprint density at radius 2 is 2.00 bits per heavy atom. The van der Waals surface area contributed by atoms with Gasteiger partial charge in [0.1, 0.15) is 22.2 Å². The Morgan fingerprint density at radius 3 is 2.74 bits per heavy atom. The number of H-pyrrole nitrogens is 1. The van der Waals surface area contributed by atoms with Crippen molar-refractivity contribution in [2.24, 2.45) is 0 Å². The number of fused-ring (bicyclic) bond motifs is 3. The van der Waals surface area contributed by atoms with Crippen molar-refractivity contribution in [1.82, 2.24) is 39.9 Å². The molecule has 6 rings (SSSR count). The predicted molar refractivity (Wildman–Crippen MR) is 127 cm³/mol. The molecule has 1 atom stereocenters. The number of rotatable bonds is 4. The Balaban J connectivity index is 1.57. The predicted octanol–water partition coefficient (Wildman–Crippen LogP) is 4.35. The molecular weight excluding hydrogens is 448 g/mol. The molecular formula is C23H18N10S. The highest BCUT2D eigenvalue weighted by atomic mass is 32.1. The van der Waals surface area contributed by atoms with Crippen molar-refractivity contribution < 1.29 is 0 Å². The Hall–Kier alpha value is -4.43. The Kier molecular flexibility index (Phi) is 4.67. The van der Waals surface area contributed by atoms with E-state index in [1.165, 1.54) is 11.3 Å². The first-order chi connectivity index (χ1) is 16.7. The molecule has 4 aromatic heterocycles. The number of aryl methyl sites for hydroxylation is 1. The molecule has 1 unspecified atom stereocenters. The first-order valence-corrected chi connectivity index (χ1v) is 11.6. The van der Waals surface area contributed by atoms with Crippen LogP contribution in [0.15, 0.2) is 48.2 Å². The summed E-state index contributed by atoms with van der Waals surface area (Å²) >= 11 is 1.52. The van der Waals surface area contributed by atoms with Crippen molar-refractivity contribution in [3.05, 3.63) is 65.4 Å². The summed E-state index contributed by atoms with van der Waals surface area (Å²) in [5, 5.41) is 28.1. The lowest BCUT2D eigenvalue weighted by Crippen LogP contribution is -2.32. The van der Waals surface area contributed by atoms with Crippen molar-refractivity contribution in [1.29, 1.82) is 5.26 Å². The van der Waals surface area contributed by atoms with E-state index in [1.807, 2.05) is 41.1 Å². The second-order valence-corrected chi connectivity index (χ2v) is 8.69. The highest BCUT2D eigenvalue weighted by Crippen LogP contribution is 2.44. The van der Waals surface area contributed by atoms with Gasteiger partial charge in [-0.05, 0) is 37.6 Å². The number of anilines is 2. The molecule has 0 saturated carbocycles. The van der Waals surface area contributed by atoms with E-state index < -0.39 is 0 Å². The fraction of sp³-hybridized carbons (Fsp3) is 0.174. The van der Waals surface area contributed by atoms with Gasteiger partial charge in [-0.1, -0.05) is 6.92 Å². The minimum atomic E-state index is -0.0906. The van der Waals surface area contributed by atoms with Crippen LogP contribution in [0.1, 0.15) is 36.6 Å². The van der Waals surface area contributed by atoms with Crippen LogP contribution in [0.2, 0.25) is 0 Å². The number of aromatic nitrogens is 8. The molecule has 11 heteroatoms. The van der Waals surface area contributed by atoms with Crippen LogP contribution < -0.4 is 4.90 Å². The number of thiazole rings is 1. The maximum atomic E-state index is 9.26. The van der Waals surface area contributed by atoms with Gasteiger partial charge in [-0.2, -0.15) is 10.4 Å². The Labute approximate surface area is 198 Å². The minimum Gasteiger partial charge on any atom is -0.314 e. The number of nitrogens with one attached hydrogen (secondary N) is 1. The van der Waals surface area contributed by atoms with Gasteiger partial charge < -0.3 is 4.90 Å². The van der Waals surface area contributed by atoms with Crippen molar-refractivity contribution in [2.45, 2.75) is 26.3 Å². The van der Waals surface area contributed by atoms with Crippen molar-refractivity contribution in [3.63, 3.8) is 0 Å². The highest BCUT2D eigenvalue weighted by Gasteiger charge is 2.36. The highest BCUT2D eigenvalue weighted by molar-refractivity contribution is 7.13. The summed E-state index contributed by atoms with van der Waals surface area (Å²) in [6, 6.07) is 9.58. The van der Waals surface area contributed by atoms with E-state index in [0.717, 1.165) is 51.5 Å². The van der Waals surface area contributed by atoms with Crippen LogP contribution >= 0.6 is 11.3 Å². The molecule has 0 fully saturated rings. The maximum absolute atomic E-state index is 9.26. The van der Waals surface area contributed by atoms with Crippen LogP contribution in [0.25, 0.3) is 27.8 Å². The summed E-state index contributed by atoms with van der Waals surface area (Å²) in [5.74, 6) is 2.89. The van der Waals surface area contributed by atoms with E-state index in [0.29, 0.717) is 11.4 Å². The van der Waals surface area contributed by atoms with Crippen molar-refractivity contribution in [3.8, 4) is 33.8 Å². The average molecular weight is 467 g/mol. The molecule has 1 aromatic carbocycles. The molecule has 0 saturated heterocycles. The topological polar surface area (TPSA) is 125 Å². The molecule has 10 nitrogen and oxygen atoms in total. The monoisotopic (exact) mass is 466 g/mol. The molecule has 1 aliphatic rings. The summed E-state index contributed by atoms with van der Waals surface area (Å²) in [6.07, 6.45) is 6.07. The molecule has 0 bridgehead atoms. The number of hydrogen-bond donors (Lipinski definition) is 1. The third kappa shape index (κ3) is 3.00. The lowest BCUT2D eigenvalue weighted by molar-refractivity contribution is 0.588. The zero-order valence-electron chi connectivity index (χ0n) is 18.3. The van der Waals surface area contributed by atoms with Gasteiger partial charge in [-0.3, -0.25) is 9.67 Å². The van der Waals surface area contributed by atoms with Crippen LogP contribution in [0.3, 0.4) is 0 Å². The molecule has 34 heavy (non-hydrogen) atoms. The van der Waals surface area contributed by atoms with Gasteiger partial charge in [0, 0.05) is 17.3 Å². The zero-order chi connectivity index (χ0) is 23.2. The van der Waals surface area contributed by atoms with Crippen LogP contribution in [-0.2, 0) is 0 Å². The van der Waals surface area contributed by atoms with Gasteiger partial charge >= 0.3 is 0 Å². The molecule has 0 spiro atoms. The summed E-state index contributed by atoms with van der Waals surface area (Å²) in [7, 11) is 0. The smallest absolute Gasteiger partial charge is 0.165 e. The third-order valence-electron chi connectivity index (χ3n) is 5.87. The Morgan fingerprint density at radius 1 is 1.15 bits per heavy atom. The zero-order valence-corrected chi connectivity index (χ0v) is 19.2. The van der Waals surface area contributed by atoms with Crippen LogP contribution in [0.5, 0.6) is 0 Å².